The molecule has 5 nitrogen and oxygen atoms in total. The van der Waals surface area contributed by atoms with E-state index in [0.717, 1.165) is 10.2 Å². The summed E-state index contributed by atoms with van der Waals surface area (Å²) < 4.78 is 11.5. The van der Waals surface area contributed by atoms with Crippen LogP contribution >= 0.6 is 11.3 Å². The molecule has 1 heterocycles. The van der Waals surface area contributed by atoms with Crippen molar-refractivity contribution in [2.24, 2.45) is 0 Å². The van der Waals surface area contributed by atoms with E-state index >= 15 is 0 Å². The van der Waals surface area contributed by atoms with E-state index in [4.69, 9.17) is 9.47 Å². The van der Waals surface area contributed by atoms with E-state index < -0.39 is 0 Å². The summed E-state index contributed by atoms with van der Waals surface area (Å²) in [6.45, 7) is 4.27. The van der Waals surface area contributed by atoms with Crippen molar-refractivity contribution in [2.75, 3.05) is 19.5 Å². The molecule has 130 valence electrons. The Morgan fingerprint density at radius 3 is 2.40 bits per heavy atom. The molecule has 0 saturated carbocycles. The number of thiazole rings is 1. The third kappa shape index (κ3) is 3.58. The summed E-state index contributed by atoms with van der Waals surface area (Å²) in [7, 11) is 3.11. The van der Waals surface area contributed by atoms with E-state index in [-0.39, 0.29) is 5.91 Å². The summed E-state index contributed by atoms with van der Waals surface area (Å²) in [5, 5.41) is 3.45. The van der Waals surface area contributed by atoms with Gasteiger partial charge in [-0.2, -0.15) is 0 Å². The highest BCUT2D eigenvalue weighted by atomic mass is 32.1. The molecule has 0 saturated heterocycles. The Labute approximate surface area is 150 Å². The van der Waals surface area contributed by atoms with Gasteiger partial charge in [-0.1, -0.05) is 37.3 Å². The number of anilines is 1. The first kappa shape index (κ1) is 17.2. The largest absolute Gasteiger partial charge is 0.497 e. The van der Waals surface area contributed by atoms with Gasteiger partial charge in [0.2, 0.25) is 0 Å². The fourth-order valence-corrected chi connectivity index (χ4v) is 3.49. The molecule has 0 aliphatic rings. The molecular formula is C19H20N2O3S. The van der Waals surface area contributed by atoms with Crippen LogP contribution in [0.15, 0.2) is 36.4 Å². The predicted molar refractivity (Wildman–Crippen MR) is 101 cm³/mol. The topological polar surface area (TPSA) is 60.5 Å². The molecule has 1 amide bonds. The van der Waals surface area contributed by atoms with E-state index in [1.807, 2.05) is 12.1 Å². The summed E-state index contributed by atoms with van der Waals surface area (Å²) in [5.41, 5.74) is 2.58. The molecule has 0 spiro atoms. The van der Waals surface area contributed by atoms with Gasteiger partial charge in [0, 0.05) is 11.6 Å². The minimum atomic E-state index is -0.248. The van der Waals surface area contributed by atoms with Crippen LogP contribution in [0.3, 0.4) is 0 Å². The molecular weight excluding hydrogens is 336 g/mol. The van der Waals surface area contributed by atoms with Gasteiger partial charge in [-0.15, -0.1) is 0 Å². The van der Waals surface area contributed by atoms with Gasteiger partial charge in [-0.05, 0) is 29.7 Å². The molecule has 6 heteroatoms. The van der Waals surface area contributed by atoms with Crippen LogP contribution in [0, 0.1) is 0 Å². The Morgan fingerprint density at radius 1 is 1.12 bits per heavy atom. The third-order valence-electron chi connectivity index (χ3n) is 3.91. The number of rotatable bonds is 5. The van der Waals surface area contributed by atoms with Gasteiger partial charge >= 0.3 is 0 Å². The number of benzene rings is 2. The molecule has 0 fully saturated rings. The molecule has 0 radical (unpaired) electrons. The number of carbonyl (C=O) groups excluding carboxylic acids is 1. The van der Waals surface area contributed by atoms with E-state index in [2.05, 4.69) is 30.2 Å². The summed E-state index contributed by atoms with van der Waals surface area (Å²) >= 11 is 1.47. The molecule has 3 rings (SSSR count). The molecule has 25 heavy (non-hydrogen) atoms. The molecule has 2 aromatic carbocycles. The second kappa shape index (κ2) is 7.11. The number of hydrogen-bond acceptors (Lipinski definition) is 5. The molecule has 1 aromatic heterocycles. The minimum Gasteiger partial charge on any atom is -0.497 e. The Bertz CT molecular complexity index is 896. The van der Waals surface area contributed by atoms with Gasteiger partial charge in [-0.25, -0.2) is 4.98 Å². The summed E-state index contributed by atoms with van der Waals surface area (Å²) in [6.07, 6.45) is 0. The number of nitrogens with zero attached hydrogens (tertiary/aromatic N) is 1. The monoisotopic (exact) mass is 356 g/mol. The van der Waals surface area contributed by atoms with Crippen LogP contribution in [-0.4, -0.2) is 25.1 Å². The minimum absolute atomic E-state index is 0.248. The summed E-state index contributed by atoms with van der Waals surface area (Å²) in [4.78, 5) is 17.2. The van der Waals surface area contributed by atoms with Crippen molar-refractivity contribution < 1.29 is 14.3 Å². The highest BCUT2D eigenvalue weighted by molar-refractivity contribution is 7.22. The SMILES string of the molecule is COc1cc(OC)cc(C(=O)Nc2nc3c(C(C)C)cccc3s2)c1. The number of methoxy groups -OCH3 is 2. The first-order valence-electron chi connectivity index (χ1n) is 7.95. The van der Waals surface area contributed by atoms with Gasteiger partial charge in [0.1, 0.15) is 11.5 Å². The normalized spacial score (nSPS) is 10.9. The lowest BCUT2D eigenvalue weighted by Gasteiger charge is -2.08. The van der Waals surface area contributed by atoms with Crippen molar-refractivity contribution in [3.8, 4) is 11.5 Å². The predicted octanol–water partition coefficient (Wildman–Crippen LogP) is 4.69. The van der Waals surface area contributed by atoms with Crippen LogP contribution in [0.25, 0.3) is 10.2 Å². The van der Waals surface area contributed by atoms with Gasteiger partial charge in [-0.3, -0.25) is 10.1 Å². The zero-order valence-corrected chi connectivity index (χ0v) is 15.4. The molecule has 0 aliphatic carbocycles. The van der Waals surface area contributed by atoms with Crippen LogP contribution in [0.4, 0.5) is 5.13 Å². The second-order valence-electron chi connectivity index (χ2n) is 5.92. The van der Waals surface area contributed by atoms with Gasteiger partial charge in [0.05, 0.1) is 24.4 Å². The average molecular weight is 356 g/mol. The maximum Gasteiger partial charge on any atom is 0.257 e. The molecule has 0 aliphatic heterocycles. The van der Waals surface area contributed by atoms with Gasteiger partial charge in [0.15, 0.2) is 5.13 Å². The van der Waals surface area contributed by atoms with Crippen molar-refractivity contribution in [1.29, 1.82) is 0 Å². The molecule has 1 N–H and O–H groups in total. The number of ether oxygens (including phenoxy) is 2. The van der Waals surface area contributed by atoms with Crippen LogP contribution in [0.5, 0.6) is 11.5 Å². The highest BCUT2D eigenvalue weighted by Crippen LogP contribution is 2.32. The van der Waals surface area contributed by atoms with Crippen LogP contribution in [0.2, 0.25) is 0 Å². The molecule has 0 unspecified atom stereocenters. The highest BCUT2D eigenvalue weighted by Gasteiger charge is 2.14. The van der Waals surface area contributed by atoms with Crippen molar-refractivity contribution in [3.63, 3.8) is 0 Å². The van der Waals surface area contributed by atoms with Crippen LogP contribution in [0.1, 0.15) is 35.7 Å². The number of nitrogens with one attached hydrogen (secondary N) is 1. The number of aromatic nitrogens is 1. The lowest BCUT2D eigenvalue weighted by atomic mass is 10.0. The van der Waals surface area contributed by atoms with Crippen LogP contribution in [-0.2, 0) is 0 Å². The number of carbonyl (C=O) groups is 1. The fourth-order valence-electron chi connectivity index (χ4n) is 2.60. The quantitative estimate of drug-likeness (QED) is 0.720. The number of hydrogen-bond donors (Lipinski definition) is 1. The lowest BCUT2D eigenvalue weighted by molar-refractivity contribution is 0.102. The maximum absolute atomic E-state index is 12.6. The number of fused-ring (bicyclic) bond motifs is 1. The Kier molecular flexibility index (Phi) is 4.90. The third-order valence-corrected chi connectivity index (χ3v) is 4.84. The fraction of sp³-hybridized carbons (Fsp3) is 0.263. The maximum atomic E-state index is 12.6. The zero-order chi connectivity index (χ0) is 18.0. The van der Waals surface area contributed by atoms with E-state index in [9.17, 15) is 4.79 Å². The second-order valence-corrected chi connectivity index (χ2v) is 6.95. The van der Waals surface area contributed by atoms with Gasteiger partial charge < -0.3 is 9.47 Å². The number of para-hydroxylation sites is 1. The molecule has 0 bridgehead atoms. The Hall–Kier alpha value is -2.60. The van der Waals surface area contributed by atoms with Crippen molar-refractivity contribution >= 4 is 32.6 Å². The van der Waals surface area contributed by atoms with Crippen LogP contribution < -0.4 is 14.8 Å². The van der Waals surface area contributed by atoms with Crippen molar-refractivity contribution in [3.05, 3.63) is 47.5 Å². The molecule has 3 aromatic rings. The smallest absolute Gasteiger partial charge is 0.257 e. The Morgan fingerprint density at radius 2 is 1.80 bits per heavy atom. The first-order valence-corrected chi connectivity index (χ1v) is 8.77. The standard InChI is InChI=1S/C19H20N2O3S/c1-11(2)15-6-5-7-16-17(15)20-19(25-16)21-18(22)12-8-13(23-3)10-14(9-12)24-4/h5-11H,1-4H3,(H,20,21,22). The number of amides is 1. The summed E-state index contributed by atoms with van der Waals surface area (Å²) in [6, 6.07) is 11.2. The average Bonchev–Trinajstić information content (AvgIpc) is 3.03. The van der Waals surface area contributed by atoms with E-state index in [1.54, 1.807) is 32.4 Å². The van der Waals surface area contributed by atoms with Gasteiger partial charge in [0.25, 0.3) is 5.91 Å². The summed E-state index contributed by atoms with van der Waals surface area (Å²) in [5.74, 6) is 1.26. The molecule has 0 atom stereocenters. The zero-order valence-electron chi connectivity index (χ0n) is 14.6. The van der Waals surface area contributed by atoms with Crippen molar-refractivity contribution in [2.45, 2.75) is 19.8 Å². The van der Waals surface area contributed by atoms with E-state index in [1.165, 1.54) is 16.9 Å². The first-order chi connectivity index (χ1) is 12.0. The Balaban J connectivity index is 1.91. The van der Waals surface area contributed by atoms with Crippen molar-refractivity contribution in [1.82, 2.24) is 4.98 Å². The lowest BCUT2D eigenvalue weighted by Crippen LogP contribution is -2.12. The van der Waals surface area contributed by atoms with E-state index in [0.29, 0.717) is 28.1 Å².